The van der Waals surface area contributed by atoms with Crippen LogP contribution < -0.4 is 0 Å². The number of hydrogen-bond acceptors (Lipinski definition) is 8. The lowest BCUT2D eigenvalue weighted by Gasteiger charge is -2.49. The van der Waals surface area contributed by atoms with Crippen molar-refractivity contribution in [3.63, 3.8) is 0 Å². The summed E-state index contributed by atoms with van der Waals surface area (Å²) < 4.78 is 19.1. The number of allylic oxidation sites excluding steroid dienone is 2. The number of carbonyl (C=O) groups excluding carboxylic acids is 1. The predicted octanol–water partition coefficient (Wildman–Crippen LogP) is 3.49. The molecule has 2 bridgehead atoms. The Bertz CT molecular complexity index is 1050. The minimum absolute atomic E-state index is 0.0168. The molecule has 3 heterocycles. The van der Waals surface area contributed by atoms with Crippen LogP contribution in [0.2, 0.25) is 0 Å². The Morgan fingerprint density at radius 1 is 0.974 bits per heavy atom. The zero-order chi connectivity index (χ0) is 28.7. The number of fused-ring (bicyclic) bond motifs is 3. The van der Waals surface area contributed by atoms with Crippen LogP contribution in [0, 0.1) is 17.8 Å². The molecule has 0 aromatic rings. The van der Waals surface area contributed by atoms with Gasteiger partial charge in [-0.1, -0.05) is 44.2 Å². The molecule has 218 valence electrons. The highest BCUT2D eigenvalue weighted by molar-refractivity contribution is 5.78. The summed E-state index contributed by atoms with van der Waals surface area (Å²) in [5.74, 6) is -2.62. The number of aliphatic hydroxyl groups excluding tert-OH is 3. The van der Waals surface area contributed by atoms with E-state index in [1.165, 1.54) is 6.08 Å². The Morgan fingerprint density at radius 3 is 2.38 bits per heavy atom. The molecule has 8 nitrogen and oxygen atoms in total. The van der Waals surface area contributed by atoms with Crippen molar-refractivity contribution in [2.75, 3.05) is 0 Å². The number of rotatable bonds is 0. The van der Waals surface area contributed by atoms with E-state index in [9.17, 15) is 25.2 Å². The SMILES string of the molecule is CC1=C[C@H]2C(=O)O[C@H]3C[C@@H](C/C=C(\C)[C@@H](O)[C@@H](C)/C=C/C=C(\C)[C@]2(O)[C@H](O)[C@@H]1O)O[C@@]1(CC[C@H](C)[C@@H](C)O1)C3. The molecule has 8 heteroatoms. The van der Waals surface area contributed by atoms with Crippen molar-refractivity contribution in [1.82, 2.24) is 0 Å². The molecule has 11 atom stereocenters. The van der Waals surface area contributed by atoms with E-state index in [0.29, 0.717) is 42.7 Å². The van der Waals surface area contributed by atoms with Gasteiger partial charge in [-0.3, -0.25) is 4.79 Å². The van der Waals surface area contributed by atoms with Gasteiger partial charge in [0.05, 0.1) is 18.3 Å². The third kappa shape index (κ3) is 5.97. The molecule has 1 aliphatic carbocycles. The molecule has 2 saturated heterocycles. The van der Waals surface area contributed by atoms with Crippen LogP contribution in [0.25, 0.3) is 0 Å². The van der Waals surface area contributed by atoms with Crippen LogP contribution in [0.5, 0.6) is 0 Å². The van der Waals surface area contributed by atoms with Gasteiger partial charge in [0.1, 0.15) is 29.8 Å². The summed E-state index contributed by atoms with van der Waals surface area (Å²) in [6, 6.07) is 0. The Balaban J connectivity index is 1.75. The second-order valence-corrected chi connectivity index (χ2v) is 12.3. The van der Waals surface area contributed by atoms with Gasteiger partial charge in [-0.2, -0.15) is 0 Å². The van der Waals surface area contributed by atoms with E-state index < -0.39 is 47.7 Å². The summed E-state index contributed by atoms with van der Waals surface area (Å²) in [5, 5.41) is 44.4. The molecule has 39 heavy (non-hydrogen) atoms. The van der Waals surface area contributed by atoms with Gasteiger partial charge in [-0.15, -0.1) is 0 Å². The Kier molecular flexibility index (Phi) is 8.96. The number of esters is 1. The first-order valence-electron chi connectivity index (χ1n) is 14.3. The van der Waals surface area contributed by atoms with Gasteiger partial charge in [-0.25, -0.2) is 0 Å². The molecule has 4 aliphatic rings. The highest BCUT2D eigenvalue weighted by atomic mass is 16.7. The molecule has 0 aromatic carbocycles. The summed E-state index contributed by atoms with van der Waals surface area (Å²) in [6.07, 6.45) is 6.99. The molecular formula is C31H46O8. The summed E-state index contributed by atoms with van der Waals surface area (Å²) in [7, 11) is 0. The fraction of sp³-hybridized carbons (Fsp3) is 0.710. The zero-order valence-corrected chi connectivity index (χ0v) is 24.0. The summed E-state index contributed by atoms with van der Waals surface area (Å²) in [6.45, 7) is 11.2. The zero-order valence-electron chi connectivity index (χ0n) is 24.0. The normalized spacial score (nSPS) is 49.5. The molecule has 0 aromatic heterocycles. The third-order valence-electron chi connectivity index (χ3n) is 9.35. The first kappa shape index (κ1) is 30.2. The maximum atomic E-state index is 13.7. The Morgan fingerprint density at radius 2 is 1.69 bits per heavy atom. The summed E-state index contributed by atoms with van der Waals surface area (Å²) in [4.78, 5) is 13.7. The minimum atomic E-state index is -2.08. The molecule has 4 N–H and O–H groups in total. The molecule has 0 amide bonds. The van der Waals surface area contributed by atoms with Crippen molar-refractivity contribution in [2.45, 2.75) is 122 Å². The predicted molar refractivity (Wildman–Crippen MR) is 146 cm³/mol. The maximum Gasteiger partial charge on any atom is 0.316 e. The quantitative estimate of drug-likeness (QED) is 0.269. The molecule has 0 saturated carbocycles. The van der Waals surface area contributed by atoms with E-state index in [0.717, 1.165) is 12.0 Å². The van der Waals surface area contributed by atoms with Crippen molar-refractivity contribution in [2.24, 2.45) is 17.8 Å². The minimum Gasteiger partial charge on any atom is -0.462 e. The Labute approximate surface area is 232 Å². The molecular weight excluding hydrogens is 500 g/mol. The van der Waals surface area contributed by atoms with Crippen LogP contribution in [0.15, 0.2) is 47.1 Å². The number of carbonyl (C=O) groups is 1. The van der Waals surface area contributed by atoms with Crippen LogP contribution in [-0.4, -0.2) is 74.4 Å². The van der Waals surface area contributed by atoms with E-state index in [2.05, 4.69) is 6.92 Å². The standard InChI is InChI=1S/C31H46O8/c1-17-12-13-30(38-22(17)6)16-24-15-23(39-30)11-10-19(3)26(32)18(2)8-7-9-21(5)31(36)25(29(35)37-24)14-20(4)27(33)28(31)34/h7-10,14,17-18,22-28,32-34,36H,11-13,15-16H2,1-6H3/b8-7+,19-10+,21-9+/t17-,18-,22+,23+,24-,25-,26-,27+,28+,30-,31+/m0/s1. The second kappa shape index (κ2) is 11.6. The van der Waals surface area contributed by atoms with Gasteiger partial charge in [0.15, 0.2) is 5.79 Å². The second-order valence-electron chi connectivity index (χ2n) is 12.3. The smallest absolute Gasteiger partial charge is 0.316 e. The highest BCUT2D eigenvalue weighted by Crippen LogP contribution is 2.44. The van der Waals surface area contributed by atoms with Crippen LogP contribution in [-0.2, 0) is 19.0 Å². The van der Waals surface area contributed by atoms with Gasteiger partial charge in [0.2, 0.25) is 0 Å². The van der Waals surface area contributed by atoms with Gasteiger partial charge in [0, 0.05) is 25.2 Å². The van der Waals surface area contributed by atoms with Crippen molar-refractivity contribution in [3.05, 3.63) is 47.1 Å². The molecule has 0 unspecified atom stereocenters. The lowest BCUT2D eigenvalue weighted by molar-refractivity contribution is -0.332. The number of hydrogen-bond donors (Lipinski definition) is 4. The summed E-state index contributed by atoms with van der Waals surface area (Å²) in [5.41, 5.74) is -0.572. The maximum absolute atomic E-state index is 13.7. The van der Waals surface area contributed by atoms with E-state index in [4.69, 9.17) is 14.2 Å². The van der Waals surface area contributed by atoms with Gasteiger partial charge in [-0.05, 0) is 63.2 Å². The summed E-state index contributed by atoms with van der Waals surface area (Å²) >= 11 is 0. The molecule has 4 rings (SSSR count). The van der Waals surface area contributed by atoms with Crippen LogP contribution in [0.1, 0.15) is 73.6 Å². The van der Waals surface area contributed by atoms with E-state index in [1.807, 2.05) is 26.8 Å². The van der Waals surface area contributed by atoms with Crippen molar-refractivity contribution < 1.29 is 39.4 Å². The van der Waals surface area contributed by atoms with E-state index >= 15 is 0 Å². The molecule has 1 spiro atoms. The largest absolute Gasteiger partial charge is 0.462 e. The molecule has 3 aliphatic heterocycles. The van der Waals surface area contributed by atoms with E-state index in [1.54, 1.807) is 32.1 Å². The fourth-order valence-corrected chi connectivity index (χ4v) is 6.38. The molecule has 0 radical (unpaired) electrons. The van der Waals surface area contributed by atoms with Crippen molar-refractivity contribution in [1.29, 1.82) is 0 Å². The fourth-order valence-electron chi connectivity index (χ4n) is 6.38. The van der Waals surface area contributed by atoms with Crippen molar-refractivity contribution >= 4 is 5.97 Å². The first-order chi connectivity index (χ1) is 18.3. The van der Waals surface area contributed by atoms with Gasteiger partial charge >= 0.3 is 5.97 Å². The van der Waals surface area contributed by atoms with E-state index in [-0.39, 0.29) is 18.1 Å². The average molecular weight is 547 g/mol. The van der Waals surface area contributed by atoms with Crippen LogP contribution >= 0.6 is 0 Å². The van der Waals surface area contributed by atoms with Crippen LogP contribution in [0.4, 0.5) is 0 Å². The number of aliphatic hydroxyl groups is 4. The average Bonchev–Trinajstić information content (AvgIpc) is 2.89. The lowest BCUT2D eigenvalue weighted by atomic mass is 9.69. The van der Waals surface area contributed by atoms with Gasteiger partial charge in [0.25, 0.3) is 0 Å². The number of ether oxygens (including phenoxy) is 3. The highest BCUT2D eigenvalue weighted by Gasteiger charge is 2.55. The first-order valence-corrected chi connectivity index (χ1v) is 14.3. The third-order valence-corrected chi connectivity index (χ3v) is 9.35. The lowest BCUT2D eigenvalue weighted by Crippen LogP contribution is -2.60. The van der Waals surface area contributed by atoms with Gasteiger partial charge < -0.3 is 34.6 Å². The topological polar surface area (TPSA) is 126 Å². The molecule has 2 fully saturated rings. The van der Waals surface area contributed by atoms with Crippen molar-refractivity contribution in [3.8, 4) is 0 Å². The monoisotopic (exact) mass is 546 g/mol. The Hall–Kier alpha value is -1.81. The van der Waals surface area contributed by atoms with Crippen LogP contribution in [0.3, 0.4) is 0 Å².